The molecule has 306 valence electrons. The molecule has 6 heterocycles. The van der Waals surface area contributed by atoms with Crippen LogP contribution >= 0.6 is 11.6 Å². The summed E-state index contributed by atoms with van der Waals surface area (Å²) in [4.78, 5) is 80.9. The van der Waals surface area contributed by atoms with Gasteiger partial charge in [0, 0.05) is 69.5 Å². The first-order chi connectivity index (χ1) is 28.6. The number of nitriles is 1. The number of amides is 5. The number of hydrogen-bond acceptors (Lipinski definition) is 12. The maximum absolute atomic E-state index is 13.4. The number of aromatic nitrogens is 2. The van der Waals surface area contributed by atoms with E-state index in [9.17, 15) is 24.0 Å². The van der Waals surface area contributed by atoms with Crippen LogP contribution in [0.4, 0.5) is 11.5 Å². The Labute approximate surface area is 347 Å². The smallest absolute Gasteiger partial charge is 0.271 e. The van der Waals surface area contributed by atoms with Gasteiger partial charge >= 0.3 is 0 Å². The SMILES string of the molecule is N#Cc1ccc(OC2CCC(NC(=O)c3cnc(N4CCC(N5CC6(CCN(c7ccc8c(c7)C(=O)N(C7CCC(=O)NC7=O)C8=O)CC6)C5)CC4)cn3)CC2)cc1Cl. The molecule has 4 saturated heterocycles. The van der Waals surface area contributed by atoms with E-state index in [1.165, 1.54) is 0 Å². The van der Waals surface area contributed by atoms with Gasteiger partial charge in [0.15, 0.2) is 0 Å². The first-order valence-corrected chi connectivity index (χ1v) is 21.0. The van der Waals surface area contributed by atoms with Crippen LogP contribution in [-0.4, -0.2) is 113 Å². The van der Waals surface area contributed by atoms with E-state index in [0.29, 0.717) is 39.2 Å². The van der Waals surface area contributed by atoms with Gasteiger partial charge in [0.25, 0.3) is 17.7 Å². The number of benzene rings is 2. The third-order valence-electron chi connectivity index (χ3n) is 13.2. The second-order valence-electron chi connectivity index (χ2n) is 16.9. The molecular formula is C43H46ClN9O6. The molecule has 0 radical (unpaired) electrons. The number of anilines is 2. The molecule has 15 nitrogen and oxygen atoms in total. The molecule has 6 aliphatic rings. The lowest BCUT2D eigenvalue weighted by molar-refractivity contribution is -0.136. The Morgan fingerprint density at radius 1 is 0.864 bits per heavy atom. The van der Waals surface area contributed by atoms with Crippen LogP contribution in [0.5, 0.6) is 5.75 Å². The molecule has 1 aromatic heterocycles. The van der Waals surface area contributed by atoms with Gasteiger partial charge in [-0.05, 0) is 93.5 Å². The minimum Gasteiger partial charge on any atom is -0.490 e. The first kappa shape index (κ1) is 38.9. The van der Waals surface area contributed by atoms with Crippen LogP contribution in [0, 0.1) is 16.7 Å². The van der Waals surface area contributed by atoms with Crippen molar-refractivity contribution in [2.75, 3.05) is 49.1 Å². The fourth-order valence-corrected chi connectivity index (χ4v) is 10.00. The van der Waals surface area contributed by atoms with Crippen molar-refractivity contribution < 1.29 is 28.7 Å². The second-order valence-corrected chi connectivity index (χ2v) is 17.3. The minimum atomic E-state index is -0.970. The number of rotatable bonds is 8. The number of halogens is 1. The van der Waals surface area contributed by atoms with Crippen LogP contribution in [0.15, 0.2) is 48.8 Å². The van der Waals surface area contributed by atoms with Gasteiger partial charge in [-0.25, -0.2) is 9.97 Å². The molecule has 2 N–H and O–H groups in total. The van der Waals surface area contributed by atoms with E-state index in [0.717, 1.165) is 107 Å². The molecule has 1 unspecified atom stereocenters. The number of hydrogen-bond donors (Lipinski definition) is 2. The van der Waals surface area contributed by atoms with Gasteiger partial charge in [-0.3, -0.25) is 39.1 Å². The van der Waals surface area contributed by atoms with Gasteiger partial charge in [0.2, 0.25) is 11.8 Å². The number of imide groups is 2. The average molecular weight is 820 g/mol. The van der Waals surface area contributed by atoms with Crippen molar-refractivity contribution in [1.82, 2.24) is 30.4 Å². The van der Waals surface area contributed by atoms with E-state index in [2.05, 4.69) is 41.4 Å². The van der Waals surface area contributed by atoms with Gasteiger partial charge in [0.05, 0.1) is 40.2 Å². The highest BCUT2D eigenvalue weighted by Gasteiger charge is 2.48. The van der Waals surface area contributed by atoms with Crippen LogP contribution in [0.3, 0.4) is 0 Å². The number of piperidine rings is 3. The van der Waals surface area contributed by atoms with Gasteiger partial charge in [-0.1, -0.05) is 11.6 Å². The van der Waals surface area contributed by atoms with Crippen molar-refractivity contribution in [2.24, 2.45) is 5.41 Å². The molecule has 2 aromatic carbocycles. The van der Waals surface area contributed by atoms with Gasteiger partial charge in [-0.2, -0.15) is 5.26 Å². The molecule has 5 aliphatic heterocycles. The Morgan fingerprint density at radius 3 is 2.29 bits per heavy atom. The van der Waals surface area contributed by atoms with Crippen LogP contribution in [0.25, 0.3) is 0 Å². The van der Waals surface area contributed by atoms with Crippen LogP contribution in [0.1, 0.15) is 101 Å². The predicted octanol–water partition coefficient (Wildman–Crippen LogP) is 4.09. The summed E-state index contributed by atoms with van der Waals surface area (Å²) in [6.45, 7) is 5.64. The van der Waals surface area contributed by atoms with Crippen molar-refractivity contribution in [1.29, 1.82) is 5.26 Å². The Kier molecular flexibility index (Phi) is 10.5. The average Bonchev–Trinajstić information content (AvgIpc) is 3.48. The van der Waals surface area contributed by atoms with Crippen LogP contribution < -0.4 is 25.2 Å². The van der Waals surface area contributed by atoms with E-state index < -0.39 is 29.7 Å². The van der Waals surface area contributed by atoms with E-state index in [1.807, 2.05) is 6.07 Å². The molecule has 9 rings (SSSR count). The molecule has 1 aliphatic carbocycles. The van der Waals surface area contributed by atoms with E-state index >= 15 is 0 Å². The molecule has 0 bridgehead atoms. The number of ether oxygens (including phenoxy) is 1. The Bertz CT molecular complexity index is 2210. The lowest BCUT2D eigenvalue weighted by Crippen LogP contribution is -2.64. The first-order valence-electron chi connectivity index (χ1n) is 20.7. The largest absolute Gasteiger partial charge is 0.490 e. The molecule has 1 atom stereocenters. The quantitative estimate of drug-likeness (QED) is 0.311. The highest BCUT2D eigenvalue weighted by molar-refractivity contribution is 6.31. The molecule has 16 heteroatoms. The summed E-state index contributed by atoms with van der Waals surface area (Å²) in [5, 5.41) is 14.8. The number of nitrogens with one attached hydrogen (secondary N) is 2. The van der Waals surface area contributed by atoms with Crippen LogP contribution in [0.2, 0.25) is 5.02 Å². The number of carbonyl (C=O) groups is 5. The van der Waals surface area contributed by atoms with E-state index in [4.69, 9.17) is 21.6 Å². The number of likely N-dealkylation sites (tertiary alicyclic amines) is 1. The maximum Gasteiger partial charge on any atom is 0.271 e. The van der Waals surface area contributed by atoms with Crippen molar-refractivity contribution in [3.05, 3.63) is 76.2 Å². The maximum atomic E-state index is 13.4. The van der Waals surface area contributed by atoms with Crippen molar-refractivity contribution >= 4 is 52.6 Å². The summed E-state index contributed by atoms with van der Waals surface area (Å²) in [7, 11) is 0. The summed E-state index contributed by atoms with van der Waals surface area (Å²) < 4.78 is 6.08. The molecule has 5 amide bonds. The molecule has 3 aromatic rings. The third-order valence-corrected chi connectivity index (χ3v) is 13.6. The van der Waals surface area contributed by atoms with Crippen molar-refractivity contribution in [2.45, 2.75) is 88.4 Å². The zero-order chi connectivity index (χ0) is 40.8. The molecule has 1 saturated carbocycles. The van der Waals surface area contributed by atoms with E-state index in [1.54, 1.807) is 42.7 Å². The Hall–Kier alpha value is -5.59. The van der Waals surface area contributed by atoms with Gasteiger partial charge in [0.1, 0.15) is 29.4 Å². The number of carbonyl (C=O) groups excluding carboxylic acids is 5. The fraction of sp³-hybridized carbons (Fsp3) is 0.488. The summed E-state index contributed by atoms with van der Waals surface area (Å²) in [6, 6.07) is 12.1. The lowest BCUT2D eigenvalue weighted by atomic mass is 9.70. The summed E-state index contributed by atoms with van der Waals surface area (Å²) in [5.74, 6) is -0.751. The monoisotopic (exact) mass is 819 g/mol. The summed E-state index contributed by atoms with van der Waals surface area (Å²) in [5.41, 5.74) is 2.53. The van der Waals surface area contributed by atoms with Crippen LogP contribution in [-0.2, 0) is 9.59 Å². The standard InChI is InChI=1S/C43H46ClN9O6/c44-34-20-31(5-1-26(34)21-45)59-30-6-2-27(3-7-30)48-39(55)35-22-47-37(23-46-35)51-15-11-28(12-16-51)52-24-43(25-52)13-17-50(18-14-43)29-4-8-32-33(19-29)42(58)53(41(32)57)36-9-10-38(54)49-40(36)56/h1,4-5,8,19-20,22-23,27-28,30,36H,2-3,6-7,9-18,24-25H2,(H,48,55)(H,49,54,56). The number of fused-ring (bicyclic) bond motifs is 1. The van der Waals surface area contributed by atoms with Gasteiger partial charge < -0.3 is 19.9 Å². The van der Waals surface area contributed by atoms with E-state index in [-0.39, 0.29) is 36.3 Å². The molecule has 5 fully saturated rings. The second kappa shape index (κ2) is 15.9. The highest BCUT2D eigenvalue weighted by atomic mass is 35.5. The fourth-order valence-electron chi connectivity index (χ4n) is 9.78. The molecule has 59 heavy (non-hydrogen) atoms. The normalized spacial score (nSPS) is 24.7. The van der Waals surface area contributed by atoms with Gasteiger partial charge in [-0.15, -0.1) is 0 Å². The minimum absolute atomic E-state index is 0.0215. The molecular weight excluding hydrogens is 774 g/mol. The zero-order valence-corrected chi connectivity index (χ0v) is 33.5. The Balaban J connectivity index is 0.699. The van der Waals surface area contributed by atoms with Crippen molar-refractivity contribution in [3.8, 4) is 11.8 Å². The number of nitrogens with zero attached hydrogens (tertiary/aromatic N) is 7. The third kappa shape index (κ3) is 7.71. The Morgan fingerprint density at radius 2 is 1.61 bits per heavy atom. The lowest BCUT2D eigenvalue weighted by Gasteiger charge is -2.57. The highest BCUT2D eigenvalue weighted by Crippen LogP contribution is 2.44. The molecule has 1 spiro atoms. The zero-order valence-electron chi connectivity index (χ0n) is 32.7. The summed E-state index contributed by atoms with van der Waals surface area (Å²) >= 11 is 6.15. The summed E-state index contributed by atoms with van der Waals surface area (Å²) in [6.07, 6.45) is 10.9. The van der Waals surface area contributed by atoms with Crippen molar-refractivity contribution in [3.63, 3.8) is 0 Å². The predicted molar refractivity (Wildman–Crippen MR) is 216 cm³/mol. The topological polar surface area (TPSA) is 181 Å².